The first-order valence-corrected chi connectivity index (χ1v) is 17.3. The van der Waals surface area contributed by atoms with Gasteiger partial charge in [0.1, 0.15) is 5.84 Å². The third-order valence-electron chi connectivity index (χ3n) is 9.18. The number of hydrogen-bond donors (Lipinski definition) is 1. The van der Waals surface area contributed by atoms with Crippen molar-refractivity contribution in [2.75, 3.05) is 9.80 Å². The fraction of sp³-hybridized carbons (Fsp3) is 0.316. The SMILES string of the molecule is CC(C)c1cccc(C(C)C)c1N1C(=O)c2cc(Br)c3c4c(c(Br)cc(c24)C1=O)C(=O)N(c1c(C(C)C)cccc1C(C)C)C3=N. The van der Waals surface area contributed by atoms with Gasteiger partial charge in [0.25, 0.3) is 17.7 Å². The van der Waals surface area contributed by atoms with Gasteiger partial charge in [0.2, 0.25) is 0 Å². The second-order valence-corrected chi connectivity index (χ2v) is 15.1. The van der Waals surface area contributed by atoms with Gasteiger partial charge in [0.05, 0.1) is 28.1 Å². The van der Waals surface area contributed by atoms with E-state index < -0.39 is 11.8 Å². The summed E-state index contributed by atoms with van der Waals surface area (Å²) in [7, 11) is 0. The van der Waals surface area contributed by atoms with Crippen LogP contribution in [-0.2, 0) is 0 Å². The Kier molecular flexibility index (Phi) is 8.13. The van der Waals surface area contributed by atoms with Gasteiger partial charge in [-0.05, 0) is 89.9 Å². The first-order valence-electron chi connectivity index (χ1n) is 15.7. The molecule has 1 N–H and O–H groups in total. The van der Waals surface area contributed by atoms with Crippen LogP contribution in [0.2, 0.25) is 0 Å². The molecule has 0 aliphatic carbocycles. The fourth-order valence-electron chi connectivity index (χ4n) is 6.96. The number of rotatable bonds is 6. The van der Waals surface area contributed by atoms with Gasteiger partial charge < -0.3 is 0 Å². The number of benzene rings is 4. The predicted octanol–water partition coefficient (Wildman–Crippen LogP) is 10.6. The van der Waals surface area contributed by atoms with Crippen molar-refractivity contribution in [1.82, 2.24) is 0 Å². The van der Waals surface area contributed by atoms with Gasteiger partial charge in [0.15, 0.2) is 0 Å². The maximum atomic E-state index is 14.7. The van der Waals surface area contributed by atoms with Crippen LogP contribution in [-0.4, -0.2) is 23.6 Å². The normalized spacial score (nSPS) is 14.7. The van der Waals surface area contributed by atoms with Crippen LogP contribution < -0.4 is 9.80 Å². The molecule has 0 radical (unpaired) electrons. The Bertz CT molecular complexity index is 1900. The van der Waals surface area contributed by atoms with Gasteiger partial charge >= 0.3 is 0 Å². The minimum Gasteiger partial charge on any atom is -0.283 e. The summed E-state index contributed by atoms with van der Waals surface area (Å²) >= 11 is 7.38. The summed E-state index contributed by atoms with van der Waals surface area (Å²) in [5.41, 5.74) is 6.55. The lowest BCUT2D eigenvalue weighted by Crippen LogP contribution is -2.45. The van der Waals surface area contributed by atoms with E-state index in [9.17, 15) is 19.8 Å². The van der Waals surface area contributed by atoms with Crippen LogP contribution in [0.15, 0.2) is 57.5 Å². The fourth-order valence-corrected chi connectivity index (χ4v) is 8.17. The number of carbonyl (C=O) groups is 3. The molecule has 4 aromatic rings. The van der Waals surface area contributed by atoms with Gasteiger partial charge in [-0.3, -0.25) is 24.7 Å². The Balaban J connectivity index is 1.65. The summed E-state index contributed by atoms with van der Waals surface area (Å²) in [5.74, 6) is -0.916. The summed E-state index contributed by atoms with van der Waals surface area (Å²) < 4.78 is 0.958. The molecule has 2 heterocycles. The van der Waals surface area contributed by atoms with Crippen LogP contribution in [0.25, 0.3) is 10.8 Å². The number of halogens is 2. The first kappa shape index (κ1) is 32.3. The number of imide groups is 1. The highest BCUT2D eigenvalue weighted by Crippen LogP contribution is 2.48. The Morgan fingerprint density at radius 3 is 1.30 bits per heavy atom. The number of nitrogens with one attached hydrogen (secondary N) is 1. The minimum absolute atomic E-state index is 0.00421. The minimum atomic E-state index is -0.443. The summed E-state index contributed by atoms with van der Waals surface area (Å²) in [4.78, 5) is 46.6. The first-order chi connectivity index (χ1) is 21.7. The average molecular weight is 744 g/mol. The van der Waals surface area contributed by atoms with E-state index in [-0.39, 0.29) is 35.4 Å². The van der Waals surface area contributed by atoms with Crippen LogP contribution in [0, 0.1) is 5.41 Å². The molecule has 4 aromatic carbocycles. The lowest BCUT2D eigenvalue weighted by molar-refractivity contribution is 0.0890. The highest BCUT2D eigenvalue weighted by atomic mass is 79.9. The van der Waals surface area contributed by atoms with Gasteiger partial charge in [-0.25, -0.2) is 4.90 Å². The van der Waals surface area contributed by atoms with E-state index in [4.69, 9.17) is 0 Å². The maximum Gasteiger partial charge on any atom is 0.266 e. The molecular weight excluding hydrogens is 706 g/mol. The Labute approximate surface area is 286 Å². The molecule has 236 valence electrons. The molecule has 0 fully saturated rings. The second kappa shape index (κ2) is 11.6. The van der Waals surface area contributed by atoms with E-state index in [2.05, 4.69) is 87.2 Å². The monoisotopic (exact) mass is 741 g/mol. The van der Waals surface area contributed by atoms with Crippen LogP contribution in [0.3, 0.4) is 0 Å². The summed E-state index contributed by atoms with van der Waals surface area (Å²) in [6.07, 6.45) is 0. The highest BCUT2D eigenvalue weighted by molar-refractivity contribution is 9.11. The molecule has 0 bridgehead atoms. The largest absolute Gasteiger partial charge is 0.283 e. The summed E-state index contributed by atoms with van der Waals surface area (Å²) in [6, 6.07) is 15.3. The van der Waals surface area contributed by atoms with Crippen LogP contribution in [0.5, 0.6) is 0 Å². The number of hydrogen-bond acceptors (Lipinski definition) is 4. The predicted molar refractivity (Wildman–Crippen MR) is 193 cm³/mol. The summed E-state index contributed by atoms with van der Waals surface area (Å²) in [5, 5.41) is 10.4. The van der Waals surface area contributed by atoms with E-state index >= 15 is 0 Å². The number of nitrogens with zero attached hydrogens (tertiary/aromatic N) is 2. The van der Waals surface area contributed by atoms with E-state index in [0.717, 1.165) is 22.3 Å². The number of carbonyl (C=O) groups excluding carboxylic acids is 3. The van der Waals surface area contributed by atoms with E-state index in [1.54, 1.807) is 12.1 Å². The molecule has 0 saturated carbocycles. The topological polar surface area (TPSA) is 81.5 Å². The van der Waals surface area contributed by atoms with Crippen LogP contribution >= 0.6 is 31.9 Å². The molecule has 0 aromatic heterocycles. The zero-order chi connectivity index (χ0) is 33.5. The van der Waals surface area contributed by atoms with Gasteiger partial charge in [0, 0.05) is 25.3 Å². The van der Waals surface area contributed by atoms with Crippen molar-refractivity contribution in [3.05, 3.63) is 102 Å². The van der Waals surface area contributed by atoms with Gasteiger partial charge in [-0.1, -0.05) is 91.8 Å². The Morgan fingerprint density at radius 1 is 0.543 bits per heavy atom. The van der Waals surface area contributed by atoms with Crippen molar-refractivity contribution < 1.29 is 14.4 Å². The molecule has 46 heavy (non-hydrogen) atoms. The lowest BCUT2D eigenvalue weighted by atomic mass is 9.83. The molecular formula is C38H37Br2N3O3. The molecule has 2 aliphatic heterocycles. The molecule has 0 saturated heterocycles. The third-order valence-corrected chi connectivity index (χ3v) is 10.4. The molecule has 6 nitrogen and oxygen atoms in total. The van der Waals surface area contributed by atoms with Crippen molar-refractivity contribution >= 4 is 77.6 Å². The standard InChI is InChI=1S/C38H37Br2N3O3/c1-17(2)21-11-9-12-22(18(3)4)33(21)42-35(41)30-27(39)15-25-29-26(16-28(40)31(32(29)30)38(42)46)37(45)43(36(25)44)34-23(19(5)6)13-10-14-24(34)20(7)8/h9-20,41H,1-8H3. The molecule has 3 amide bonds. The summed E-state index contributed by atoms with van der Waals surface area (Å²) in [6.45, 7) is 16.5. The molecule has 2 aliphatic rings. The number of amidine groups is 1. The van der Waals surface area contributed by atoms with Crippen LogP contribution in [0.4, 0.5) is 11.4 Å². The Morgan fingerprint density at radius 2 is 0.913 bits per heavy atom. The lowest BCUT2D eigenvalue weighted by Gasteiger charge is -2.37. The zero-order valence-corrected chi connectivity index (χ0v) is 30.5. The zero-order valence-electron chi connectivity index (χ0n) is 27.3. The van der Waals surface area contributed by atoms with Crippen molar-refractivity contribution in [3.63, 3.8) is 0 Å². The van der Waals surface area contributed by atoms with E-state index in [0.29, 0.717) is 53.3 Å². The van der Waals surface area contributed by atoms with Crippen molar-refractivity contribution in [2.24, 2.45) is 0 Å². The quantitative estimate of drug-likeness (QED) is 0.200. The highest BCUT2D eigenvalue weighted by Gasteiger charge is 2.44. The van der Waals surface area contributed by atoms with Gasteiger partial charge in [-0.15, -0.1) is 0 Å². The van der Waals surface area contributed by atoms with Crippen molar-refractivity contribution in [2.45, 2.75) is 79.1 Å². The molecule has 8 heteroatoms. The maximum absolute atomic E-state index is 14.7. The van der Waals surface area contributed by atoms with Gasteiger partial charge in [-0.2, -0.15) is 0 Å². The van der Waals surface area contributed by atoms with Crippen molar-refractivity contribution in [3.8, 4) is 0 Å². The average Bonchev–Trinajstić information content (AvgIpc) is 2.98. The van der Waals surface area contributed by atoms with Crippen molar-refractivity contribution in [1.29, 1.82) is 5.41 Å². The Hall–Kier alpha value is -3.62. The van der Waals surface area contributed by atoms with E-state index in [1.807, 2.05) is 36.4 Å². The van der Waals surface area contributed by atoms with E-state index in [1.165, 1.54) is 9.80 Å². The number of anilines is 2. The smallest absolute Gasteiger partial charge is 0.266 e. The van der Waals surface area contributed by atoms with Crippen LogP contribution in [0.1, 0.15) is 138 Å². The molecule has 0 atom stereocenters. The second-order valence-electron chi connectivity index (χ2n) is 13.4. The number of amides is 3. The molecule has 0 unspecified atom stereocenters. The molecule has 0 spiro atoms. The molecule has 6 rings (SSSR count). The number of para-hydroxylation sites is 2. The third kappa shape index (κ3) is 4.62.